The summed E-state index contributed by atoms with van der Waals surface area (Å²) >= 11 is 0. The molecule has 0 saturated heterocycles. The van der Waals surface area contributed by atoms with Crippen LogP contribution in [0.5, 0.6) is 5.75 Å². The maximum Gasteiger partial charge on any atom is 0.303 e. The van der Waals surface area contributed by atoms with Gasteiger partial charge in [0.05, 0.1) is 6.04 Å². The van der Waals surface area contributed by atoms with Gasteiger partial charge in [0, 0.05) is 6.42 Å². The summed E-state index contributed by atoms with van der Waals surface area (Å²) in [7, 11) is 0. The molecule has 1 aromatic rings. The lowest BCUT2D eigenvalue weighted by molar-refractivity contribution is -0.137. The second kappa shape index (κ2) is 7.99. The molecule has 2 amide bonds. The summed E-state index contributed by atoms with van der Waals surface area (Å²) in [6.07, 6.45) is -0.181. The third kappa shape index (κ3) is 5.80. The Morgan fingerprint density at radius 2 is 1.77 bits per heavy atom. The standard InChI is InChI=1S/C14H19N3O5/c15-10(7-8-1-3-9(18)4-2-8)14(22)17-11(13(16)21)5-6-12(19)20/h1-4,10-11,18H,5-7,15H2,(H2,16,21)(H,17,22)(H,19,20)/t10-,11+/m0/s1. The smallest absolute Gasteiger partial charge is 0.303 e. The van der Waals surface area contributed by atoms with Gasteiger partial charge in [-0.15, -0.1) is 0 Å². The molecule has 0 aliphatic carbocycles. The first kappa shape index (κ1) is 17.4. The van der Waals surface area contributed by atoms with Gasteiger partial charge in [-0.05, 0) is 30.5 Å². The second-order valence-electron chi connectivity index (χ2n) is 4.87. The molecule has 0 aliphatic heterocycles. The van der Waals surface area contributed by atoms with Crippen LogP contribution in [0.1, 0.15) is 18.4 Å². The lowest BCUT2D eigenvalue weighted by Crippen LogP contribution is -2.51. The molecule has 0 saturated carbocycles. The highest BCUT2D eigenvalue weighted by Gasteiger charge is 2.22. The van der Waals surface area contributed by atoms with Crippen LogP contribution in [0.15, 0.2) is 24.3 Å². The van der Waals surface area contributed by atoms with Crippen LogP contribution in [0.25, 0.3) is 0 Å². The van der Waals surface area contributed by atoms with Crippen molar-refractivity contribution < 1.29 is 24.6 Å². The normalized spacial score (nSPS) is 13.1. The van der Waals surface area contributed by atoms with Crippen LogP contribution in [0.3, 0.4) is 0 Å². The van der Waals surface area contributed by atoms with E-state index in [1.165, 1.54) is 12.1 Å². The van der Waals surface area contributed by atoms with Crippen molar-refractivity contribution in [3.63, 3.8) is 0 Å². The highest BCUT2D eigenvalue weighted by molar-refractivity contribution is 5.89. The van der Waals surface area contributed by atoms with E-state index in [4.69, 9.17) is 16.6 Å². The predicted octanol–water partition coefficient (Wildman–Crippen LogP) is -0.903. The summed E-state index contributed by atoms with van der Waals surface area (Å²) in [5.41, 5.74) is 11.6. The topological polar surface area (TPSA) is 156 Å². The molecule has 0 radical (unpaired) electrons. The minimum absolute atomic E-state index is 0.0949. The average Bonchev–Trinajstić information content (AvgIpc) is 2.44. The van der Waals surface area contributed by atoms with Crippen molar-refractivity contribution in [2.24, 2.45) is 11.5 Å². The third-order valence-corrected chi connectivity index (χ3v) is 3.04. The zero-order valence-electron chi connectivity index (χ0n) is 11.9. The summed E-state index contributed by atoms with van der Waals surface area (Å²) in [4.78, 5) is 33.6. The van der Waals surface area contributed by atoms with Gasteiger partial charge in [-0.25, -0.2) is 0 Å². The van der Waals surface area contributed by atoms with E-state index in [1.807, 2.05) is 0 Å². The molecular weight excluding hydrogens is 290 g/mol. The van der Waals surface area contributed by atoms with Crippen LogP contribution >= 0.6 is 0 Å². The molecular formula is C14H19N3O5. The Morgan fingerprint density at radius 3 is 2.27 bits per heavy atom. The van der Waals surface area contributed by atoms with Crippen molar-refractivity contribution in [2.45, 2.75) is 31.3 Å². The fourth-order valence-electron chi connectivity index (χ4n) is 1.81. The molecule has 8 heteroatoms. The van der Waals surface area contributed by atoms with E-state index < -0.39 is 29.9 Å². The number of phenolic OH excluding ortho intramolecular Hbond substituents is 1. The fourth-order valence-corrected chi connectivity index (χ4v) is 1.81. The van der Waals surface area contributed by atoms with Crippen LogP contribution < -0.4 is 16.8 Å². The van der Waals surface area contributed by atoms with Gasteiger partial charge in [-0.2, -0.15) is 0 Å². The molecule has 120 valence electrons. The maximum atomic E-state index is 11.9. The minimum atomic E-state index is -1.09. The van der Waals surface area contributed by atoms with Gasteiger partial charge >= 0.3 is 5.97 Å². The van der Waals surface area contributed by atoms with Crippen molar-refractivity contribution >= 4 is 17.8 Å². The number of nitrogens with two attached hydrogens (primary N) is 2. The summed E-state index contributed by atoms with van der Waals surface area (Å²) in [5, 5.41) is 20.1. The molecule has 22 heavy (non-hydrogen) atoms. The lowest BCUT2D eigenvalue weighted by Gasteiger charge is -2.18. The Kier molecular flexibility index (Phi) is 6.33. The van der Waals surface area contributed by atoms with Crippen LogP contribution in [0, 0.1) is 0 Å². The first-order chi connectivity index (χ1) is 10.3. The monoisotopic (exact) mass is 309 g/mol. The Bertz CT molecular complexity index is 544. The number of amides is 2. The molecule has 0 aromatic heterocycles. The Hall–Kier alpha value is -2.61. The number of aliphatic carboxylic acids is 1. The van der Waals surface area contributed by atoms with E-state index in [2.05, 4.69) is 5.32 Å². The minimum Gasteiger partial charge on any atom is -0.508 e. The number of aromatic hydroxyl groups is 1. The lowest BCUT2D eigenvalue weighted by atomic mass is 10.0. The zero-order chi connectivity index (χ0) is 16.7. The van der Waals surface area contributed by atoms with Crippen molar-refractivity contribution in [1.29, 1.82) is 0 Å². The number of nitrogens with one attached hydrogen (secondary N) is 1. The first-order valence-electron chi connectivity index (χ1n) is 6.64. The summed E-state index contributed by atoms with van der Waals surface area (Å²) in [6, 6.07) is 4.19. The molecule has 1 aromatic carbocycles. The Labute approximate surface area is 127 Å². The van der Waals surface area contributed by atoms with Crippen molar-refractivity contribution in [1.82, 2.24) is 5.32 Å². The van der Waals surface area contributed by atoms with Gasteiger partial charge < -0.3 is 27.0 Å². The number of phenols is 1. The summed E-state index contributed by atoms with van der Waals surface area (Å²) < 4.78 is 0. The first-order valence-corrected chi connectivity index (χ1v) is 6.64. The second-order valence-corrected chi connectivity index (χ2v) is 4.87. The molecule has 1 rings (SSSR count). The van der Waals surface area contributed by atoms with Gasteiger partial charge in [0.1, 0.15) is 11.8 Å². The number of carbonyl (C=O) groups is 3. The number of benzene rings is 1. The van der Waals surface area contributed by atoms with Gasteiger partial charge in [-0.3, -0.25) is 14.4 Å². The summed E-state index contributed by atoms with van der Waals surface area (Å²) in [5.74, 6) is -2.40. The van der Waals surface area contributed by atoms with Gasteiger partial charge in [0.15, 0.2) is 0 Å². The Balaban J connectivity index is 2.58. The molecule has 2 atom stereocenters. The number of primary amides is 1. The van der Waals surface area contributed by atoms with E-state index in [9.17, 15) is 19.5 Å². The highest BCUT2D eigenvalue weighted by atomic mass is 16.4. The molecule has 0 fully saturated rings. The van der Waals surface area contributed by atoms with Gasteiger partial charge in [0.2, 0.25) is 11.8 Å². The molecule has 0 heterocycles. The van der Waals surface area contributed by atoms with Crippen molar-refractivity contribution in [3.05, 3.63) is 29.8 Å². The number of rotatable bonds is 8. The molecule has 8 nitrogen and oxygen atoms in total. The number of carboxylic acids is 1. The van der Waals surface area contributed by atoms with E-state index in [-0.39, 0.29) is 25.0 Å². The fraction of sp³-hybridized carbons (Fsp3) is 0.357. The van der Waals surface area contributed by atoms with E-state index >= 15 is 0 Å². The van der Waals surface area contributed by atoms with Crippen LogP contribution in [-0.2, 0) is 20.8 Å². The third-order valence-electron chi connectivity index (χ3n) is 3.04. The summed E-state index contributed by atoms with van der Waals surface area (Å²) in [6.45, 7) is 0. The highest BCUT2D eigenvalue weighted by Crippen LogP contribution is 2.11. The maximum absolute atomic E-state index is 11.9. The van der Waals surface area contributed by atoms with E-state index in [0.29, 0.717) is 0 Å². The molecule has 0 bridgehead atoms. The zero-order valence-corrected chi connectivity index (χ0v) is 11.9. The molecule has 0 unspecified atom stereocenters. The molecule has 0 aliphatic rings. The average molecular weight is 309 g/mol. The molecule has 7 N–H and O–H groups in total. The van der Waals surface area contributed by atoms with E-state index in [0.717, 1.165) is 5.56 Å². The largest absolute Gasteiger partial charge is 0.508 e. The van der Waals surface area contributed by atoms with Crippen LogP contribution in [-0.4, -0.2) is 40.1 Å². The van der Waals surface area contributed by atoms with Gasteiger partial charge in [0.25, 0.3) is 0 Å². The van der Waals surface area contributed by atoms with Crippen LogP contribution in [0.4, 0.5) is 0 Å². The van der Waals surface area contributed by atoms with Crippen molar-refractivity contribution in [3.8, 4) is 5.75 Å². The number of hydrogen-bond acceptors (Lipinski definition) is 5. The Morgan fingerprint density at radius 1 is 1.18 bits per heavy atom. The van der Waals surface area contributed by atoms with Crippen molar-refractivity contribution in [2.75, 3.05) is 0 Å². The SMILES string of the molecule is NC(=O)[C@@H](CCC(=O)O)NC(=O)[C@@H](N)Cc1ccc(O)cc1. The van der Waals surface area contributed by atoms with Gasteiger partial charge in [-0.1, -0.05) is 12.1 Å². The van der Waals surface area contributed by atoms with Crippen LogP contribution in [0.2, 0.25) is 0 Å². The predicted molar refractivity (Wildman–Crippen MR) is 77.8 cm³/mol. The van der Waals surface area contributed by atoms with E-state index in [1.54, 1.807) is 12.1 Å². The quantitative estimate of drug-likeness (QED) is 0.419. The number of carbonyl (C=O) groups excluding carboxylic acids is 2. The number of carboxylic acid groups (broad SMARTS) is 1. The molecule has 0 spiro atoms. The number of hydrogen-bond donors (Lipinski definition) is 5.